The van der Waals surface area contributed by atoms with Crippen LogP contribution in [0.5, 0.6) is 0 Å². The number of para-hydroxylation sites is 2. The lowest BCUT2D eigenvalue weighted by Gasteiger charge is -2.29. The molecule has 0 aromatic heterocycles. The van der Waals surface area contributed by atoms with Gasteiger partial charge in [0.25, 0.3) is 11.8 Å². The van der Waals surface area contributed by atoms with Crippen LogP contribution in [0, 0.1) is 0 Å². The average Bonchev–Trinajstić information content (AvgIpc) is 2.74. The highest BCUT2D eigenvalue weighted by Gasteiger charge is 2.29. The zero-order valence-electron chi connectivity index (χ0n) is 14.9. The van der Waals surface area contributed by atoms with Gasteiger partial charge in [0.05, 0.1) is 11.3 Å². The van der Waals surface area contributed by atoms with E-state index in [1.807, 2.05) is 89.8 Å². The predicted molar refractivity (Wildman–Crippen MR) is 110 cm³/mol. The van der Waals surface area contributed by atoms with Gasteiger partial charge in [0.2, 0.25) is 0 Å². The Morgan fingerprint density at radius 2 is 1.25 bits per heavy atom. The van der Waals surface area contributed by atoms with E-state index < -0.39 is 0 Å². The molecule has 4 nitrogen and oxygen atoms in total. The summed E-state index contributed by atoms with van der Waals surface area (Å²) in [5, 5.41) is 4.06. The predicted octanol–water partition coefficient (Wildman–Crippen LogP) is 5.19. The minimum atomic E-state index is -0.374. The third kappa shape index (κ3) is 2.47. The Kier molecular flexibility index (Phi) is 3.69. The van der Waals surface area contributed by atoms with Crippen molar-refractivity contribution in [3.63, 3.8) is 0 Å². The molecule has 0 radical (unpaired) electrons. The first-order valence-corrected chi connectivity index (χ1v) is 9.06. The van der Waals surface area contributed by atoms with E-state index in [4.69, 9.17) is 0 Å². The number of imide groups is 1. The molecule has 28 heavy (non-hydrogen) atoms. The fourth-order valence-corrected chi connectivity index (χ4v) is 3.79. The molecule has 5 rings (SSSR count). The number of benzene rings is 4. The van der Waals surface area contributed by atoms with E-state index in [0.29, 0.717) is 16.5 Å². The molecular formula is C24H16N2O2. The topological polar surface area (TPSA) is 49.4 Å². The van der Waals surface area contributed by atoms with E-state index in [1.54, 1.807) is 6.07 Å². The fraction of sp³-hybridized carbons (Fsp3) is 0. The maximum atomic E-state index is 12.9. The van der Waals surface area contributed by atoms with Gasteiger partial charge < -0.3 is 4.90 Å². The van der Waals surface area contributed by atoms with Crippen molar-refractivity contribution >= 4 is 39.6 Å². The number of nitrogens with one attached hydrogen (secondary N) is 1. The number of rotatable bonds is 3. The highest BCUT2D eigenvalue weighted by Crippen LogP contribution is 2.40. The van der Waals surface area contributed by atoms with Crippen molar-refractivity contribution in [2.75, 3.05) is 4.90 Å². The van der Waals surface area contributed by atoms with Crippen molar-refractivity contribution in [2.45, 2.75) is 0 Å². The quantitative estimate of drug-likeness (QED) is 0.509. The Hall–Kier alpha value is -3.92. The van der Waals surface area contributed by atoms with Gasteiger partial charge in [-0.25, -0.2) is 0 Å². The summed E-state index contributed by atoms with van der Waals surface area (Å²) in [6, 6.07) is 29.2. The highest BCUT2D eigenvalue weighted by molar-refractivity contribution is 6.28. The van der Waals surface area contributed by atoms with E-state index in [9.17, 15) is 9.59 Å². The van der Waals surface area contributed by atoms with E-state index in [1.165, 1.54) is 0 Å². The molecule has 4 aromatic carbocycles. The summed E-state index contributed by atoms with van der Waals surface area (Å²) in [5.41, 5.74) is 3.65. The fourth-order valence-electron chi connectivity index (χ4n) is 3.79. The lowest BCUT2D eigenvalue weighted by molar-refractivity contribution is 0.0845. The molecule has 1 N–H and O–H groups in total. The SMILES string of the molecule is O=C1NC(=O)c2c(N(c3ccccc3)c3ccccc3)ccc3cccc1c23. The van der Waals surface area contributed by atoms with Crippen molar-refractivity contribution < 1.29 is 9.59 Å². The normalized spacial score (nSPS) is 12.7. The summed E-state index contributed by atoms with van der Waals surface area (Å²) in [7, 11) is 0. The molecule has 1 aliphatic rings. The first-order valence-electron chi connectivity index (χ1n) is 9.06. The Labute approximate surface area is 162 Å². The van der Waals surface area contributed by atoms with E-state index in [2.05, 4.69) is 5.32 Å². The van der Waals surface area contributed by atoms with Crippen molar-refractivity contribution in [3.8, 4) is 0 Å². The van der Waals surface area contributed by atoms with Gasteiger partial charge in [0.1, 0.15) is 0 Å². The number of amides is 2. The third-order valence-corrected chi connectivity index (χ3v) is 4.99. The summed E-state index contributed by atoms with van der Waals surface area (Å²) in [5.74, 6) is -0.729. The molecule has 1 aliphatic heterocycles. The Morgan fingerprint density at radius 3 is 1.89 bits per heavy atom. The molecule has 4 heteroatoms. The minimum Gasteiger partial charge on any atom is -0.310 e. The maximum Gasteiger partial charge on any atom is 0.260 e. The van der Waals surface area contributed by atoms with Crippen molar-refractivity contribution in [3.05, 3.63) is 102 Å². The highest BCUT2D eigenvalue weighted by atomic mass is 16.2. The van der Waals surface area contributed by atoms with Gasteiger partial charge in [-0.05, 0) is 41.8 Å². The number of anilines is 3. The van der Waals surface area contributed by atoms with Gasteiger partial charge >= 0.3 is 0 Å². The molecule has 134 valence electrons. The standard InChI is InChI=1S/C24H16N2O2/c27-23-19-13-7-8-16-14-15-20(22(21(16)19)24(28)25-23)26(17-9-3-1-4-10-17)18-11-5-2-6-12-18/h1-15H,(H,25,27,28). The first-order chi connectivity index (χ1) is 13.7. The number of carbonyl (C=O) groups excluding carboxylic acids is 2. The summed E-state index contributed by atoms with van der Waals surface area (Å²) in [4.78, 5) is 27.3. The average molecular weight is 364 g/mol. The van der Waals surface area contributed by atoms with Crippen molar-refractivity contribution in [1.29, 1.82) is 0 Å². The monoisotopic (exact) mass is 364 g/mol. The number of nitrogens with zero attached hydrogens (tertiary/aromatic N) is 1. The number of hydrogen-bond donors (Lipinski definition) is 1. The second-order valence-corrected chi connectivity index (χ2v) is 6.65. The number of hydrogen-bond acceptors (Lipinski definition) is 3. The van der Waals surface area contributed by atoms with Gasteiger partial charge in [0.15, 0.2) is 0 Å². The Bertz CT molecular complexity index is 1180. The summed E-state index contributed by atoms with van der Waals surface area (Å²) >= 11 is 0. The van der Waals surface area contributed by atoms with Gasteiger partial charge in [-0.15, -0.1) is 0 Å². The minimum absolute atomic E-state index is 0.355. The van der Waals surface area contributed by atoms with Gasteiger partial charge in [-0.3, -0.25) is 14.9 Å². The Morgan fingerprint density at radius 1 is 0.607 bits per heavy atom. The lowest BCUT2D eigenvalue weighted by Crippen LogP contribution is -2.35. The van der Waals surface area contributed by atoms with E-state index in [0.717, 1.165) is 22.4 Å². The molecule has 2 amide bonds. The van der Waals surface area contributed by atoms with Crippen LogP contribution < -0.4 is 10.2 Å². The van der Waals surface area contributed by atoms with E-state index in [-0.39, 0.29) is 11.8 Å². The molecule has 4 aromatic rings. The molecule has 1 heterocycles. The van der Waals surface area contributed by atoms with Crippen LogP contribution in [0.2, 0.25) is 0 Å². The molecule has 0 atom stereocenters. The largest absolute Gasteiger partial charge is 0.310 e. The Balaban J connectivity index is 1.86. The maximum absolute atomic E-state index is 12.9. The van der Waals surface area contributed by atoms with Crippen LogP contribution in [0.3, 0.4) is 0 Å². The van der Waals surface area contributed by atoms with Crippen LogP contribution in [-0.2, 0) is 0 Å². The summed E-state index contributed by atoms with van der Waals surface area (Å²) in [6.45, 7) is 0. The lowest BCUT2D eigenvalue weighted by atomic mass is 9.93. The first kappa shape index (κ1) is 16.3. The van der Waals surface area contributed by atoms with Gasteiger partial charge in [-0.2, -0.15) is 0 Å². The number of carbonyl (C=O) groups is 2. The zero-order chi connectivity index (χ0) is 19.1. The zero-order valence-corrected chi connectivity index (χ0v) is 14.9. The van der Waals surface area contributed by atoms with Gasteiger partial charge in [0, 0.05) is 22.3 Å². The molecular weight excluding hydrogens is 348 g/mol. The van der Waals surface area contributed by atoms with Crippen molar-refractivity contribution in [2.24, 2.45) is 0 Å². The molecule has 0 aliphatic carbocycles. The molecule has 0 spiro atoms. The molecule has 0 fully saturated rings. The van der Waals surface area contributed by atoms with Crippen LogP contribution >= 0.6 is 0 Å². The smallest absolute Gasteiger partial charge is 0.260 e. The van der Waals surface area contributed by atoms with Crippen LogP contribution in [0.4, 0.5) is 17.1 Å². The third-order valence-electron chi connectivity index (χ3n) is 4.99. The van der Waals surface area contributed by atoms with Crippen LogP contribution in [0.25, 0.3) is 10.8 Å². The molecule has 0 unspecified atom stereocenters. The van der Waals surface area contributed by atoms with Crippen LogP contribution in [0.15, 0.2) is 91.0 Å². The molecule has 0 saturated heterocycles. The van der Waals surface area contributed by atoms with Crippen LogP contribution in [-0.4, -0.2) is 11.8 Å². The van der Waals surface area contributed by atoms with E-state index >= 15 is 0 Å². The summed E-state index contributed by atoms with van der Waals surface area (Å²) < 4.78 is 0. The second-order valence-electron chi connectivity index (χ2n) is 6.65. The van der Waals surface area contributed by atoms with Crippen molar-refractivity contribution in [1.82, 2.24) is 5.32 Å². The van der Waals surface area contributed by atoms with Crippen LogP contribution in [0.1, 0.15) is 20.7 Å². The summed E-state index contributed by atoms with van der Waals surface area (Å²) in [6.07, 6.45) is 0. The van der Waals surface area contributed by atoms with Gasteiger partial charge in [-0.1, -0.05) is 54.6 Å². The molecule has 0 bridgehead atoms. The molecule has 0 saturated carbocycles. The second kappa shape index (κ2) is 6.35.